The molecule has 0 radical (unpaired) electrons. The molecule has 1 aliphatic rings. The van der Waals surface area contributed by atoms with Gasteiger partial charge in [-0.15, -0.1) is 0 Å². The molecule has 1 fully saturated rings. The summed E-state index contributed by atoms with van der Waals surface area (Å²) in [5.74, 6) is 0.125. The highest BCUT2D eigenvalue weighted by molar-refractivity contribution is 6.31. The van der Waals surface area contributed by atoms with Crippen LogP contribution in [0.1, 0.15) is 18.0 Å². The van der Waals surface area contributed by atoms with Gasteiger partial charge in [-0.3, -0.25) is 9.78 Å². The minimum absolute atomic E-state index is 0.0460. The van der Waals surface area contributed by atoms with Crippen LogP contribution in [-0.2, 0) is 4.79 Å². The number of halogens is 1. The third-order valence-electron chi connectivity index (χ3n) is 2.25. The first-order valence-corrected chi connectivity index (χ1v) is 4.72. The summed E-state index contributed by atoms with van der Waals surface area (Å²) >= 11 is 5.98. The van der Waals surface area contributed by atoms with Crippen LogP contribution in [0.2, 0.25) is 5.02 Å². The molecule has 0 saturated carbocycles. The summed E-state index contributed by atoms with van der Waals surface area (Å²) in [5, 5.41) is 3.27. The number of nitrogens with one attached hydrogen (secondary N) is 1. The summed E-state index contributed by atoms with van der Waals surface area (Å²) in [5.41, 5.74) is 6.81. The first-order chi connectivity index (χ1) is 6.66. The van der Waals surface area contributed by atoms with Crippen LogP contribution in [0.3, 0.4) is 0 Å². The maximum absolute atomic E-state index is 11.0. The molecule has 0 bridgehead atoms. The van der Waals surface area contributed by atoms with E-state index < -0.39 is 0 Å². The van der Waals surface area contributed by atoms with Gasteiger partial charge in [0.2, 0.25) is 5.91 Å². The van der Waals surface area contributed by atoms with Crippen LogP contribution >= 0.6 is 11.6 Å². The van der Waals surface area contributed by atoms with Crippen molar-refractivity contribution in [2.24, 2.45) is 0 Å². The summed E-state index contributed by atoms with van der Waals surface area (Å²) in [6.45, 7) is 0.607. The van der Waals surface area contributed by atoms with Crippen molar-refractivity contribution in [2.45, 2.75) is 12.3 Å². The highest BCUT2D eigenvalue weighted by Gasteiger charge is 2.25. The molecule has 1 aromatic rings. The van der Waals surface area contributed by atoms with E-state index in [0.717, 1.165) is 5.69 Å². The molecule has 0 spiro atoms. The predicted octanol–water partition coefficient (Wildman–Crippen LogP) is 0.921. The maximum atomic E-state index is 11.0. The van der Waals surface area contributed by atoms with Crippen molar-refractivity contribution in [1.82, 2.24) is 10.3 Å². The molecule has 1 aliphatic heterocycles. The lowest BCUT2D eigenvalue weighted by Gasteiger charge is -2.08. The van der Waals surface area contributed by atoms with E-state index >= 15 is 0 Å². The summed E-state index contributed by atoms with van der Waals surface area (Å²) in [4.78, 5) is 15.1. The molecule has 5 heteroatoms. The Hall–Kier alpha value is -1.29. The molecular weight excluding hydrogens is 202 g/mol. The standard InChI is InChI=1S/C9H10ClN3O/c10-7-2-6(11)4-13-9(7)5-1-8(14)12-3-5/h2,4-5H,1,3,11H2,(H,12,14). The Kier molecular flexibility index (Phi) is 2.29. The van der Waals surface area contributed by atoms with Crippen LogP contribution in [0.4, 0.5) is 5.69 Å². The van der Waals surface area contributed by atoms with E-state index in [2.05, 4.69) is 10.3 Å². The van der Waals surface area contributed by atoms with E-state index in [9.17, 15) is 4.79 Å². The van der Waals surface area contributed by atoms with Gasteiger partial charge in [0.1, 0.15) is 0 Å². The Morgan fingerprint density at radius 3 is 3.00 bits per heavy atom. The molecule has 2 heterocycles. The van der Waals surface area contributed by atoms with Crippen molar-refractivity contribution in [3.8, 4) is 0 Å². The van der Waals surface area contributed by atoms with Gasteiger partial charge in [0.05, 0.1) is 22.6 Å². The van der Waals surface area contributed by atoms with E-state index in [1.165, 1.54) is 0 Å². The molecule has 0 aromatic carbocycles. The minimum atomic E-state index is 0.0460. The zero-order valence-electron chi connectivity index (χ0n) is 7.46. The van der Waals surface area contributed by atoms with Gasteiger partial charge in [0.15, 0.2) is 0 Å². The molecule has 3 N–H and O–H groups in total. The predicted molar refractivity (Wildman–Crippen MR) is 54.0 cm³/mol. The molecule has 2 rings (SSSR count). The van der Waals surface area contributed by atoms with Crippen LogP contribution in [0.25, 0.3) is 0 Å². The minimum Gasteiger partial charge on any atom is -0.397 e. The van der Waals surface area contributed by atoms with Crippen molar-refractivity contribution in [2.75, 3.05) is 12.3 Å². The van der Waals surface area contributed by atoms with E-state index in [1.54, 1.807) is 12.3 Å². The molecule has 1 unspecified atom stereocenters. The Morgan fingerprint density at radius 1 is 1.64 bits per heavy atom. The molecule has 14 heavy (non-hydrogen) atoms. The lowest BCUT2D eigenvalue weighted by molar-refractivity contribution is -0.119. The molecule has 1 aromatic heterocycles. The number of hydrogen-bond donors (Lipinski definition) is 2. The topological polar surface area (TPSA) is 68.0 Å². The zero-order valence-corrected chi connectivity index (χ0v) is 8.21. The fourth-order valence-electron chi connectivity index (χ4n) is 1.56. The third-order valence-corrected chi connectivity index (χ3v) is 2.56. The van der Waals surface area contributed by atoms with Gasteiger partial charge in [-0.05, 0) is 6.07 Å². The number of hydrogen-bond acceptors (Lipinski definition) is 3. The van der Waals surface area contributed by atoms with Crippen LogP contribution in [0, 0.1) is 0 Å². The average Bonchev–Trinajstić information content (AvgIpc) is 2.51. The van der Waals surface area contributed by atoms with Crippen molar-refractivity contribution in [1.29, 1.82) is 0 Å². The Balaban J connectivity index is 2.28. The van der Waals surface area contributed by atoms with E-state index in [0.29, 0.717) is 23.7 Å². The van der Waals surface area contributed by atoms with E-state index in [1.807, 2.05) is 0 Å². The number of anilines is 1. The summed E-state index contributed by atoms with van der Waals surface area (Å²) in [7, 11) is 0. The number of amides is 1. The molecule has 1 atom stereocenters. The number of carbonyl (C=O) groups excluding carboxylic acids is 1. The first kappa shape index (κ1) is 9.27. The summed E-state index contributed by atoms with van der Waals surface area (Å²) in [6, 6.07) is 1.66. The van der Waals surface area contributed by atoms with E-state index in [-0.39, 0.29) is 11.8 Å². The van der Waals surface area contributed by atoms with Crippen molar-refractivity contribution < 1.29 is 4.79 Å². The number of aromatic nitrogens is 1. The second-order valence-corrected chi connectivity index (χ2v) is 3.75. The third kappa shape index (κ3) is 1.65. The average molecular weight is 212 g/mol. The monoisotopic (exact) mass is 211 g/mol. The summed E-state index contributed by atoms with van der Waals surface area (Å²) < 4.78 is 0. The van der Waals surface area contributed by atoms with Gasteiger partial charge in [-0.1, -0.05) is 11.6 Å². The molecular formula is C9H10ClN3O. The zero-order chi connectivity index (χ0) is 10.1. The number of carbonyl (C=O) groups is 1. The highest BCUT2D eigenvalue weighted by Crippen LogP contribution is 2.28. The molecule has 0 aliphatic carbocycles. The van der Waals surface area contributed by atoms with Crippen molar-refractivity contribution >= 4 is 23.2 Å². The first-order valence-electron chi connectivity index (χ1n) is 4.34. The quantitative estimate of drug-likeness (QED) is 0.726. The molecule has 1 saturated heterocycles. The second kappa shape index (κ2) is 3.46. The van der Waals surface area contributed by atoms with Crippen molar-refractivity contribution in [3.05, 3.63) is 23.0 Å². The largest absolute Gasteiger partial charge is 0.397 e. The normalized spacial score (nSPS) is 20.9. The highest BCUT2D eigenvalue weighted by atomic mass is 35.5. The maximum Gasteiger partial charge on any atom is 0.220 e. The van der Waals surface area contributed by atoms with Gasteiger partial charge < -0.3 is 11.1 Å². The fraction of sp³-hybridized carbons (Fsp3) is 0.333. The van der Waals surface area contributed by atoms with Gasteiger partial charge in [0, 0.05) is 18.9 Å². The number of nitrogens with two attached hydrogens (primary N) is 1. The Bertz CT molecular complexity index is 380. The Morgan fingerprint density at radius 2 is 2.43 bits per heavy atom. The van der Waals surface area contributed by atoms with Gasteiger partial charge in [-0.2, -0.15) is 0 Å². The smallest absolute Gasteiger partial charge is 0.220 e. The number of rotatable bonds is 1. The number of nitrogen functional groups attached to an aromatic ring is 1. The van der Waals surface area contributed by atoms with E-state index in [4.69, 9.17) is 17.3 Å². The lowest BCUT2D eigenvalue weighted by atomic mass is 10.0. The molecule has 4 nitrogen and oxygen atoms in total. The van der Waals surface area contributed by atoms with Gasteiger partial charge in [-0.25, -0.2) is 0 Å². The fourth-order valence-corrected chi connectivity index (χ4v) is 1.89. The molecule has 1 amide bonds. The molecule has 74 valence electrons. The Labute approximate surface area is 86.5 Å². The van der Waals surface area contributed by atoms with Crippen LogP contribution in [0.5, 0.6) is 0 Å². The van der Waals surface area contributed by atoms with Crippen molar-refractivity contribution in [3.63, 3.8) is 0 Å². The SMILES string of the molecule is Nc1cnc(C2CNC(=O)C2)c(Cl)c1. The summed E-state index contributed by atoms with van der Waals surface area (Å²) in [6.07, 6.45) is 2.01. The second-order valence-electron chi connectivity index (χ2n) is 3.34. The lowest BCUT2D eigenvalue weighted by Crippen LogP contribution is -2.13. The number of pyridine rings is 1. The number of nitrogens with zero attached hydrogens (tertiary/aromatic N) is 1. The van der Waals surface area contributed by atoms with Gasteiger partial charge in [0.25, 0.3) is 0 Å². The van der Waals surface area contributed by atoms with Crippen LogP contribution in [-0.4, -0.2) is 17.4 Å². The van der Waals surface area contributed by atoms with Gasteiger partial charge >= 0.3 is 0 Å². The van der Waals surface area contributed by atoms with Crippen LogP contribution in [0.15, 0.2) is 12.3 Å². The van der Waals surface area contributed by atoms with Crippen LogP contribution < -0.4 is 11.1 Å².